The van der Waals surface area contributed by atoms with E-state index in [1.54, 1.807) is 12.1 Å². The summed E-state index contributed by atoms with van der Waals surface area (Å²) in [5.41, 5.74) is 1.01. The number of rotatable bonds is 5. The summed E-state index contributed by atoms with van der Waals surface area (Å²) < 4.78 is 13.0. The zero-order valence-corrected chi connectivity index (χ0v) is 14.0. The van der Waals surface area contributed by atoms with Gasteiger partial charge in [0.05, 0.1) is 6.61 Å². The van der Waals surface area contributed by atoms with Crippen LogP contribution >= 0.6 is 0 Å². The van der Waals surface area contributed by atoms with E-state index in [1.165, 1.54) is 12.1 Å². The fourth-order valence-corrected chi connectivity index (χ4v) is 3.66. The van der Waals surface area contributed by atoms with E-state index in [2.05, 4.69) is 9.80 Å². The molecule has 3 rings (SSSR count). The number of hydrogen-bond donors (Lipinski definition) is 1. The lowest BCUT2D eigenvalue weighted by molar-refractivity contribution is -0.131. The van der Waals surface area contributed by atoms with Crippen LogP contribution in [0.5, 0.6) is 0 Å². The van der Waals surface area contributed by atoms with Gasteiger partial charge >= 0.3 is 0 Å². The summed E-state index contributed by atoms with van der Waals surface area (Å²) in [7, 11) is 0. The highest BCUT2D eigenvalue weighted by atomic mass is 19.1. The van der Waals surface area contributed by atoms with Gasteiger partial charge in [0.1, 0.15) is 5.82 Å². The summed E-state index contributed by atoms with van der Waals surface area (Å²) in [5.74, 6) is -0.0343. The molecule has 0 spiro atoms. The molecule has 2 aliphatic heterocycles. The molecule has 24 heavy (non-hydrogen) atoms. The fourth-order valence-electron chi connectivity index (χ4n) is 3.66. The first-order valence-corrected chi connectivity index (χ1v) is 8.80. The predicted octanol–water partition coefficient (Wildman–Crippen LogP) is 1.32. The van der Waals surface area contributed by atoms with Crippen molar-refractivity contribution in [1.82, 2.24) is 9.80 Å². The second-order valence-corrected chi connectivity index (χ2v) is 6.61. The lowest BCUT2D eigenvalue weighted by Gasteiger charge is -2.36. The van der Waals surface area contributed by atoms with Crippen molar-refractivity contribution in [2.24, 2.45) is 0 Å². The van der Waals surface area contributed by atoms with E-state index in [-0.39, 0.29) is 24.4 Å². The lowest BCUT2D eigenvalue weighted by Crippen LogP contribution is -2.49. The maximum atomic E-state index is 13.0. The smallest absolute Gasteiger partial charge is 0.223 e. The number of benzene rings is 1. The van der Waals surface area contributed by atoms with Gasteiger partial charge in [0.15, 0.2) is 0 Å². The van der Waals surface area contributed by atoms with E-state index >= 15 is 0 Å². The molecule has 2 aliphatic rings. The van der Waals surface area contributed by atoms with Crippen molar-refractivity contribution in [3.8, 4) is 0 Å². The number of carbonyl (C=O) groups is 1. The highest BCUT2D eigenvalue weighted by Crippen LogP contribution is 2.19. The highest BCUT2D eigenvalue weighted by Gasteiger charge is 2.26. The summed E-state index contributed by atoms with van der Waals surface area (Å²) in [6.45, 7) is 4.88. The van der Waals surface area contributed by atoms with E-state index in [0.717, 1.165) is 44.7 Å². The zero-order valence-electron chi connectivity index (χ0n) is 14.0. The van der Waals surface area contributed by atoms with Crippen molar-refractivity contribution in [3.63, 3.8) is 0 Å². The summed E-state index contributed by atoms with van der Waals surface area (Å²) in [5, 5.41) is 9.34. The Labute approximate surface area is 142 Å². The Morgan fingerprint density at radius 1 is 1.12 bits per heavy atom. The third-order valence-electron chi connectivity index (χ3n) is 5.15. The molecule has 2 saturated heterocycles. The molecule has 0 radical (unpaired) electrons. The van der Waals surface area contributed by atoms with Crippen LogP contribution in [-0.2, 0) is 4.79 Å². The van der Waals surface area contributed by atoms with Crippen molar-refractivity contribution in [2.75, 3.05) is 50.8 Å². The number of likely N-dealkylation sites (tertiary alicyclic amines) is 1. The molecule has 0 aromatic heterocycles. The number of hydrogen-bond acceptors (Lipinski definition) is 4. The van der Waals surface area contributed by atoms with Gasteiger partial charge in [-0.2, -0.15) is 0 Å². The van der Waals surface area contributed by atoms with Crippen molar-refractivity contribution in [1.29, 1.82) is 0 Å². The number of amides is 1. The normalized spacial score (nSPS) is 22.2. The molecule has 0 saturated carbocycles. The number of halogens is 1. The minimum Gasteiger partial charge on any atom is -0.395 e. The van der Waals surface area contributed by atoms with Crippen LogP contribution in [0, 0.1) is 5.82 Å². The Bertz CT molecular complexity index is 544. The van der Waals surface area contributed by atoms with Crippen LogP contribution in [0.3, 0.4) is 0 Å². The van der Waals surface area contributed by atoms with Gasteiger partial charge in [-0.05, 0) is 43.7 Å². The molecule has 1 amide bonds. The molecule has 5 nitrogen and oxygen atoms in total. The van der Waals surface area contributed by atoms with E-state index in [0.29, 0.717) is 19.5 Å². The first kappa shape index (κ1) is 17.2. The topological polar surface area (TPSA) is 47.0 Å². The average molecular weight is 335 g/mol. The van der Waals surface area contributed by atoms with E-state index < -0.39 is 0 Å². The Hall–Kier alpha value is -1.66. The van der Waals surface area contributed by atoms with Crippen LogP contribution < -0.4 is 4.90 Å². The highest BCUT2D eigenvalue weighted by molar-refractivity contribution is 5.76. The van der Waals surface area contributed by atoms with Crippen LogP contribution in [-0.4, -0.2) is 72.7 Å². The second-order valence-electron chi connectivity index (χ2n) is 6.61. The molecule has 0 aliphatic carbocycles. The Morgan fingerprint density at radius 2 is 1.83 bits per heavy atom. The van der Waals surface area contributed by atoms with Gasteiger partial charge in [0, 0.05) is 50.9 Å². The fraction of sp³-hybridized carbons (Fsp3) is 0.611. The molecule has 0 bridgehead atoms. The monoisotopic (exact) mass is 335 g/mol. The predicted molar refractivity (Wildman–Crippen MR) is 91.5 cm³/mol. The maximum Gasteiger partial charge on any atom is 0.223 e. The molecule has 2 heterocycles. The van der Waals surface area contributed by atoms with Crippen LogP contribution in [0.15, 0.2) is 24.3 Å². The molecule has 1 aromatic rings. The molecule has 6 heteroatoms. The van der Waals surface area contributed by atoms with Crippen LogP contribution in [0.4, 0.5) is 10.1 Å². The van der Waals surface area contributed by atoms with Crippen molar-refractivity contribution in [3.05, 3.63) is 30.1 Å². The second kappa shape index (κ2) is 7.94. The zero-order chi connectivity index (χ0) is 16.9. The largest absolute Gasteiger partial charge is 0.395 e. The number of carbonyl (C=O) groups excluding carboxylic acids is 1. The Morgan fingerprint density at radius 3 is 2.50 bits per heavy atom. The number of aliphatic hydroxyl groups excluding tert-OH is 1. The van der Waals surface area contributed by atoms with Gasteiger partial charge in [-0.15, -0.1) is 0 Å². The van der Waals surface area contributed by atoms with Crippen LogP contribution in [0.25, 0.3) is 0 Å². The molecule has 1 N–H and O–H groups in total. The standard InChI is InChI=1S/C18H26FN3O2/c19-15-3-5-16(6-4-15)21-10-12-22(13-11-21)18(24)7-9-20-8-1-2-17(20)14-23/h3-6,17,23H,1-2,7-14H2/t17-/m0/s1. The first-order valence-electron chi connectivity index (χ1n) is 8.80. The minimum absolute atomic E-state index is 0.185. The number of piperazine rings is 1. The van der Waals surface area contributed by atoms with Crippen LogP contribution in [0.2, 0.25) is 0 Å². The van der Waals surface area contributed by atoms with Gasteiger partial charge in [-0.3, -0.25) is 9.69 Å². The molecule has 0 unspecified atom stereocenters. The summed E-state index contributed by atoms with van der Waals surface area (Å²) in [6.07, 6.45) is 2.66. The quantitative estimate of drug-likeness (QED) is 0.882. The minimum atomic E-state index is -0.226. The van der Waals surface area contributed by atoms with Gasteiger partial charge in [0.2, 0.25) is 5.91 Å². The molecule has 132 valence electrons. The van der Waals surface area contributed by atoms with Gasteiger partial charge in [-0.1, -0.05) is 0 Å². The number of anilines is 1. The molecular formula is C18H26FN3O2. The molecule has 1 aromatic carbocycles. The van der Waals surface area contributed by atoms with E-state index in [1.807, 2.05) is 4.90 Å². The Kier molecular flexibility index (Phi) is 5.68. The molecule has 2 fully saturated rings. The molecular weight excluding hydrogens is 309 g/mol. The van der Waals surface area contributed by atoms with Crippen LogP contribution in [0.1, 0.15) is 19.3 Å². The van der Waals surface area contributed by atoms with Crippen molar-refractivity contribution in [2.45, 2.75) is 25.3 Å². The summed E-state index contributed by atoms with van der Waals surface area (Å²) in [6, 6.07) is 6.75. The first-order chi connectivity index (χ1) is 11.7. The van der Waals surface area contributed by atoms with Gasteiger partial charge < -0.3 is 14.9 Å². The van der Waals surface area contributed by atoms with Gasteiger partial charge in [0.25, 0.3) is 0 Å². The SMILES string of the molecule is O=C(CCN1CCC[C@H]1CO)N1CCN(c2ccc(F)cc2)CC1. The third-order valence-corrected chi connectivity index (χ3v) is 5.15. The molecule has 1 atom stereocenters. The van der Waals surface area contributed by atoms with Crippen molar-refractivity contribution >= 4 is 11.6 Å². The maximum absolute atomic E-state index is 13.0. The van der Waals surface area contributed by atoms with Gasteiger partial charge in [-0.25, -0.2) is 4.39 Å². The lowest BCUT2D eigenvalue weighted by atomic mass is 10.2. The third kappa shape index (κ3) is 4.05. The number of nitrogens with zero attached hydrogens (tertiary/aromatic N) is 3. The summed E-state index contributed by atoms with van der Waals surface area (Å²) in [4.78, 5) is 18.7. The Balaban J connectivity index is 1.44. The van der Waals surface area contributed by atoms with E-state index in [9.17, 15) is 14.3 Å². The van der Waals surface area contributed by atoms with E-state index in [4.69, 9.17) is 0 Å². The van der Waals surface area contributed by atoms with Crippen molar-refractivity contribution < 1.29 is 14.3 Å². The average Bonchev–Trinajstić information content (AvgIpc) is 3.08. The summed E-state index contributed by atoms with van der Waals surface area (Å²) >= 11 is 0. The number of aliphatic hydroxyl groups is 1.